The van der Waals surface area contributed by atoms with Crippen molar-refractivity contribution < 1.29 is 18.7 Å². The maximum absolute atomic E-state index is 13.9. The van der Waals surface area contributed by atoms with E-state index in [-0.39, 0.29) is 24.9 Å². The number of amides is 2. The predicted molar refractivity (Wildman–Crippen MR) is 141 cm³/mol. The Bertz CT molecular complexity index is 1510. The SMILES string of the molecule is COc1cccc(C(C(=O)NCc2ccccc2)N(Cc2ccco2)C(=O)Cn2nnc3ccccc32)c1. The van der Waals surface area contributed by atoms with Gasteiger partial charge in [0.2, 0.25) is 11.8 Å². The molecule has 1 unspecified atom stereocenters. The van der Waals surface area contributed by atoms with Gasteiger partial charge in [-0.25, -0.2) is 4.68 Å². The van der Waals surface area contributed by atoms with Crippen molar-refractivity contribution in [2.75, 3.05) is 7.11 Å². The molecule has 1 atom stereocenters. The number of hydrogen-bond donors (Lipinski definition) is 1. The Kier molecular flexibility index (Phi) is 7.44. The molecule has 9 heteroatoms. The first-order chi connectivity index (χ1) is 18.6. The molecule has 5 aromatic rings. The number of aromatic nitrogens is 3. The molecule has 9 nitrogen and oxygen atoms in total. The summed E-state index contributed by atoms with van der Waals surface area (Å²) in [5.74, 6) is 0.478. The van der Waals surface area contributed by atoms with Gasteiger partial charge in [-0.3, -0.25) is 9.59 Å². The fraction of sp³-hybridized carbons (Fsp3) is 0.172. The molecule has 38 heavy (non-hydrogen) atoms. The van der Waals surface area contributed by atoms with Crippen LogP contribution in [0.5, 0.6) is 5.75 Å². The highest BCUT2D eigenvalue weighted by molar-refractivity contribution is 5.89. The summed E-state index contributed by atoms with van der Waals surface area (Å²) in [6.07, 6.45) is 1.54. The van der Waals surface area contributed by atoms with E-state index in [1.165, 1.54) is 9.58 Å². The number of methoxy groups -OCH3 is 1. The number of nitrogens with zero attached hydrogens (tertiary/aromatic N) is 4. The van der Waals surface area contributed by atoms with Crippen LogP contribution in [0, 0.1) is 0 Å². The molecule has 1 N–H and O–H groups in total. The fourth-order valence-corrected chi connectivity index (χ4v) is 4.31. The summed E-state index contributed by atoms with van der Waals surface area (Å²) in [6.45, 7) is 0.295. The van der Waals surface area contributed by atoms with Crippen molar-refractivity contribution in [1.29, 1.82) is 0 Å². The molecule has 192 valence electrons. The Morgan fingerprint density at radius 3 is 2.61 bits per heavy atom. The van der Waals surface area contributed by atoms with Crippen molar-refractivity contribution in [2.45, 2.75) is 25.7 Å². The zero-order chi connectivity index (χ0) is 26.3. The summed E-state index contributed by atoms with van der Waals surface area (Å²) in [6, 6.07) is 26.8. The molecule has 0 fully saturated rings. The Morgan fingerprint density at radius 1 is 1.00 bits per heavy atom. The van der Waals surface area contributed by atoms with Gasteiger partial charge in [0.15, 0.2) is 0 Å². The fourth-order valence-electron chi connectivity index (χ4n) is 4.31. The van der Waals surface area contributed by atoms with E-state index in [1.54, 1.807) is 43.7 Å². The first-order valence-electron chi connectivity index (χ1n) is 12.2. The lowest BCUT2D eigenvalue weighted by Gasteiger charge is -2.31. The quantitative estimate of drug-likeness (QED) is 0.304. The van der Waals surface area contributed by atoms with Gasteiger partial charge in [-0.05, 0) is 47.5 Å². The molecule has 5 rings (SSSR count). The molecule has 0 aliphatic carbocycles. The minimum absolute atomic E-state index is 0.0824. The predicted octanol–water partition coefficient (Wildman–Crippen LogP) is 4.12. The van der Waals surface area contributed by atoms with Gasteiger partial charge in [0.1, 0.15) is 29.6 Å². The van der Waals surface area contributed by atoms with Crippen LogP contribution in [0.3, 0.4) is 0 Å². The molecule has 2 amide bonds. The van der Waals surface area contributed by atoms with Gasteiger partial charge in [-0.2, -0.15) is 0 Å². The molecule has 3 aromatic carbocycles. The van der Waals surface area contributed by atoms with Crippen molar-refractivity contribution in [3.8, 4) is 5.75 Å². The maximum Gasteiger partial charge on any atom is 0.247 e. The Morgan fingerprint density at radius 2 is 1.82 bits per heavy atom. The summed E-state index contributed by atoms with van der Waals surface area (Å²) in [5.41, 5.74) is 2.97. The molecule has 2 heterocycles. The first-order valence-corrected chi connectivity index (χ1v) is 12.2. The zero-order valence-electron chi connectivity index (χ0n) is 20.9. The van der Waals surface area contributed by atoms with Gasteiger partial charge in [0.05, 0.1) is 25.4 Å². The van der Waals surface area contributed by atoms with Crippen LogP contribution in [0.15, 0.2) is 102 Å². The summed E-state index contributed by atoms with van der Waals surface area (Å²) < 4.78 is 12.5. The van der Waals surface area contributed by atoms with E-state index in [2.05, 4.69) is 15.6 Å². The van der Waals surface area contributed by atoms with Crippen molar-refractivity contribution in [2.24, 2.45) is 0 Å². The van der Waals surface area contributed by atoms with E-state index in [4.69, 9.17) is 9.15 Å². The van der Waals surface area contributed by atoms with Crippen LogP contribution in [0.2, 0.25) is 0 Å². The number of fused-ring (bicyclic) bond motifs is 1. The van der Waals surface area contributed by atoms with Crippen LogP contribution in [0.1, 0.15) is 22.9 Å². The van der Waals surface area contributed by atoms with Crippen molar-refractivity contribution in [3.05, 3.63) is 114 Å². The van der Waals surface area contributed by atoms with Crippen LogP contribution in [-0.2, 0) is 29.2 Å². The third kappa shape index (κ3) is 5.57. The molecular weight excluding hydrogens is 482 g/mol. The normalized spacial score (nSPS) is 11.7. The number of para-hydroxylation sites is 1. The standard InChI is InChI=1S/C29H27N5O4/c1-37-23-12-7-11-22(17-23)28(29(36)30-18-21-9-3-2-4-10-21)33(19-24-13-8-16-38-24)27(35)20-34-26-15-6-5-14-25(26)31-32-34/h2-17,28H,18-20H2,1H3,(H,30,36). The highest BCUT2D eigenvalue weighted by Crippen LogP contribution is 2.28. The number of furan rings is 1. The number of rotatable bonds is 10. The number of carbonyl (C=O) groups excluding carboxylic acids is 2. The molecule has 2 aromatic heterocycles. The van der Waals surface area contributed by atoms with Gasteiger partial charge in [-0.15, -0.1) is 5.10 Å². The van der Waals surface area contributed by atoms with Crippen LogP contribution in [0.25, 0.3) is 11.0 Å². The maximum atomic E-state index is 13.9. The van der Waals surface area contributed by atoms with E-state index in [0.29, 0.717) is 29.1 Å². The Hall–Kier alpha value is -4.92. The van der Waals surface area contributed by atoms with Gasteiger partial charge < -0.3 is 19.4 Å². The molecule has 0 spiro atoms. The van der Waals surface area contributed by atoms with E-state index >= 15 is 0 Å². The van der Waals surface area contributed by atoms with Crippen molar-refractivity contribution in [3.63, 3.8) is 0 Å². The summed E-state index contributed by atoms with van der Waals surface area (Å²) in [7, 11) is 1.56. The molecule has 0 radical (unpaired) electrons. The lowest BCUT2D eigenvalue weighted by atomic mass is 10.0. The topological polar surface area (TPSA) is 102 Å². The highest BCUT2D eigenvalue weighted by Gasteiger charge is 2.33. The molecular formula is C29H27N5O4. The molecule has 0 aliphatic rings. The number of nitrogens with one attached hydrogen (secondary N) is 1. The number of ether oxygens (including phenoxy) is 1. The molecule has 0 aliphatic heterocycles. The summed E-state index contributed by atoms with van der Waals surface area (Å²) >= 11 is 0. The van der Waals surface area contributed by atoms with Crippen molar-refractivity contribution >= 4 is 22.8 Å². The Balaban J connectivity index is 1.51. The van der Waals surface area contributed by atoms with Crippen LogP contribution in [-0.4, -0.2) is 38.8 Å². The third-order valence-electron chi connectivity index (χ3n) is 6.21. The average Bonchev–Trinajstić information content (AvgIpc) is 3.62. The second-order valence-corrected chi connectivity index (χ2v) is 8.72. The lowest BCUT2D eigenvalue weighted by Crippen LogP contribution is -2.44. The second kappa shape index (κ2) is 11.4. The van der Waals surface area contributed by atoms with Gasteiger partial charge in [-0.1, -0.05) is 59.8 Å². The molecule has 0 saturated heterocycles. The number of benzene rings is 3. The monoisotopic (exact) mass is 509 g/mol. The molecule has 0 bridgehead atoms. The average molecular weight is 510 g/mol. The highest BCUT2D eigenvalue weighted by atomic mass is 16.5. The minimum atomic E-state index is -0.957. The van der Waals surface area contributed by atoms with Gasteiger partial charge >= 0.3 is 0 Å². The largest absolute Gasteiger partial charge is 0.497 e. The summed E-state index contributed by atoms with van der Waals surface area (Å²) in [4.78, 5) is 29.2. The van der Waals surface area contributed by atoms with E-state index in [9.17, 15) is 9.59 Å². The van der Waals surface area contributed by atoms with E-state index < -0.39 is 6.04 Å². The molecule has 0 saturated carbocycles. The number of carbonyl (C=O) groups is 2. The van der Waals surface area contributed by atoms with E-state index in [0.717, 1.165) is 11.1 Å². The first kappa shape index (κ1) is 24.8. The van der Waals surface area contributed by atoms with E-state index in [1.807, 2.05) is 60.7 Å². The smallest absolute Gasteiger partial charge is 0.247 e. The Labute approximate surface area is 219 Å². The second-order valence-electron chi connectivity index (χ2n) is 8.72. The van der Waals surface area contributed by atoms with Gasteiger partial charge in [0, 0.05) is 6.54 Å². The minimum Gasteiger partial charge on any atom is -0.497 e. The van der Waals surface area contributed by atoms with Crippen molar-refractivity contribution in [1.82, 2.24) is 25.2 Å². The number of hydrogen-bond acceptors (Lipinski definition) is 6. The van der Waals surface area contributed by atoms with Crippen LogP contribution < -0.4 is 10.1 Å². The van der Waals surface area contributed by atoms with Gasteiger partial charge in [0.25, 0.3) is 0 Å². The van der Waals surface area contributed by atoms with Crippen LogP contribution >= 0.6 is 0 Å². The lowest BCUT2D eigenvalue weighted by molar-refractivity contribution is -0.142. The third-order valence-corrected chi connectivity index (χ3v) is 6.21. The zero-order valence-corrected chi connectivity index (χ0v) is 20.9. The van der Waals surface area contributed by atoms with Crippen LogP contribution in [0.4, 0.5) is 0 Å². The summed E-state index contributed by atoms with van der Waals surface area (Å²) in [5, 5.41) is 11.3.